The Labute approximate surface area is 166 Å². The maximum Gasteiger partial charge on any atom is 0.243 e. The van der Waals surface area contributed by atoms with Crippen LogP contribution in [0.1, 0.15) is 36.3 Å². The minimum Gasteiger partial charge on any atom is -0.497 e. The van der Waals surface area contributed by atoms with Gasteiger partial charge in [0.05, 0.1) is 17.7 Å². The molecule has 8 heteroatoms. The molecule has 0 amide bonds. The Hall–Kier alpha value is -2.19. The molecule has 2 aliphatic rings. The molecule has 1 aromatic carbocycles. The van der Waals surface area contributed by atoms with Crippen LogP contribution in [0.4, 0.5) is 5.82 Å². The molecule has 0 aliphatic carbocycles. The zero-order chi connectivity index (χ0) is 19.7. The summed E-state index contributed by atoms with van der Waals surface area (Å²) >= 11 is 0. The number of sulfonamides is 1. The Kier molecular flexibility index (Phi) is 5.25. The molecule has 1 fully saturated rings. The van der Waals surface area contributed by atoms with Gasteiger partial charge in [-0.25, -0.2) is 18.4 Å². The summed E-state index contributed by atoms with van der Waals surface area (Å²) in [6.07, 6.45) is 4.12. The number of aromatic nitrogens is 2. The molecule has 28 heavy (non-hydrogen) atoms. The van der Waals surface area contributed by atoms with Crippen molar-refractivity contribution in [2.75, 3.05) is 31.6 Å². The van der Waals surface area contributed by atoms with Crippen LogP contribution < -0.4 is 9.64 Å². The van der Waals surface area contributed by atoms with Crippen molar-refractivity contribution in [3.63, 3.8) is 0 Å². The van der Waals surface area contributed by atoms with Gasteiger partial charge in [-0.3, -0.25) is 0 Å². The Morgan fingerprint density at radius 3 is 2.61 bits per heavy atom. The van der Waals surface area contributed by atoms with Gasteiger partial charge in [0, 0.05) is 44.2 Å². The van der Waals surface area contributed by atoms with Gasteiger partial charge < -0.3 is 9.64 Å². The Morgan fingerprint density at radius 2 is 1.86 bits per heavy atom. The lowest BCUT2D eigenvalue weighted by Gasteiger charge is -2.34. The van der Waals surface area contributed by atoms with E-state index < -0.39 is 10.0 Å². The van der Waals surface area contributed by atoms with Gasteiger partial charge in [-0.2, -0.15) is 4.31 Å². The second-order valence-electron chi connectivity index (χ2n) is 7.33. The highest BCUT2D eigenvalue weighted by molar-refractivity contribution is 7.89. The Bertz CT molecular complexity index is 971. The fourth-order valence-electron chi connectivity index (χ4n) is 3.98. The van der Waals surface area contributed by atoms with Crippen LogP contribution in [0.5, 0.6) is 5.75 Å². The topological polar surface area (TPSA) is 75.6 Å². The van der Waals surface area contributed by atoms with E-state index in [1.165, 1.54) is 17.8 Å². The predicted molar refractivity (Wildman–Crippen MR) is 107 cm³/mol. The predicted octanol–water partition coefficient (Wildman–Crippen LogP) is 2.53. The molecule has 0 spiro atoms. The molecule has 2 aliphatic heterocycles. The van der Waals surface area contributed by atoms with Crippen LogP contribution in [0.3, 0.4) is 0 Å². The van der Waals surface area contributed by atoms with Crippen molar-refractivity contribution in [3.05, 3.63) is 41.3 Å². The third kappa shape index (κ3) is 3.58. The maximum atomic E-state index is 13.2. The lowest BCUT2D eigenvalue weighted by Crippen LogP contribution is -2.39. The van der Waals surface area contributed by atoms with Crippen molar-refractivity contribution in [2.24, 2.45) is 0 Å². The standard InChI is InChI=1S/C20H26N4O3S/c1-15-21-19-9-12-24(28(25,26)17-8-6-7-16(13-17)27-2)14-18(19)20(22-15)23-10-4-3-5-11-23/h6-8,13H,3-5,9-12,14H2,1-2H3. The second kappa shape index (κ2) is 7.67. The first-order valence-corrected chi connectivity index (χ1v) is 11.2. The first kappa shape index (κ1) is 19.1. The first-order valence-electron chi connectivity index (χ1n) is 9.74. The van der Waals surface area contributed by atoms with Crippen molar-refractivity contribution in [1.29, 1.82) is 0 Å². The number of aryl methyl sites for hydroxylation is 1. The third-order valence-electron chi connectivity index (χ3n) is 5.45. The van der Waals surface area contributed by atoms with E-state index in [0.29, 0.717) is 25.3 Å². The number of benzene rings is 1. The molecule has 1 aromatic heterocycles. The summed E-state index contributed by atoms with van der Waals surface area (Å²) in [5.74, 6) is 2.20. The maximum absolute atomic E-state index is 13.2. The van der Waals surface area contributed by atoms with Crippen LogP contribution in [0.2, 0.25) is 0 Å². The summed E-state index contributed by atoms with van der Waals surface area (Å²) in [5, 5.41) is 0. The van der Waals surface area contributed by atoms with Gasteiger partial charge in [0.2, 0.25) is 10.0 Å². The lowest BCUT2D eigenvalue weighted by atomic mass is 10.1. The molecule has 3 heterocycles. The van der Waals surface area contributed by atoms with Crippen molar-refractivity contribution >= 4 is 15.8 Å². The SMILES string of the molecule is COc1cccc(S(=O)(=O)N2CCc3nc(C)nc(N4CCCCC4)c3C2)c1. The van der Waals surface area contributed by atoms with Crippen molar-refractivity contribution < 1.29 is 13.2 Å². The highest BCUT2D eigenvalue weighted by atomic mass is 32.2. The highest BCUT2D eigenvalue weighted by Crippen LogP contribution is 2.31. The molecule has 4 rings (SSSR count). The summed E-state index contributed by atoms with van der Waals surface area (Å²) in [6, 6.07) is 6.64. The molecule has 150 valence electrons. The van der Waals surface area contributed by atoms with Crippen LogP contribution in [-0.2, 0) is 23.0 Å². The van der Waals surface area contributed by atoms with Crippen LogP contribution >= 0.6 is 0 Å². The summed E-state index contributed by atoms with van der Waals surface area (Å²) in [7, 11) is -2.08. The average molecular weight is 403 g/mol. The number of hydrogen-bond acceptors (Lipinski definition) is 6. The molecule has 0 atom stereocenters. The molecule has 2 aromatic rings. The van der Waals surface area contributed by atoms with Gasteiger partial charge in [0.1, 0.15) is 17.4 Å². The minimum atomic E-state index is -3.62. The van der Waals surface area contributed by atoms with Crippen LogP contribution in [0.15, 0.2) is 29.2 Å². The smallest absolute Gasteiger partial charge is 0.243 e. The van der Waals surface area contributed by atoms with E-state index in [1.54, 1.807) is 24.3 Å². The summed E-state index contributed by atoms with van der Waals surface area (Å²) in [6.45, 7) is 4.56. The monoisotopic (exact) mass is 402 g/mol. The average Bonchev–Trinajstić information content (AvgIpc) is 2.73. The van der Waals surface area contributed by atoms with Gasteiger partial charge in [-0.15, -0.1) is 0 Å². The van der Waals surface area contributed by atoms with Gasteiger partial charge in [0.25, 0.3) is 0 Å². The van der Waals surface area contributed by atoms with E-state index in [0.717, 1.165) is 48.8 Å². The van der Waals surface area contributed by atoms with Crippen molar-refractivity contribution in [1.82, 2.24) is 14.3 Å². The number of rotatable bonds is 4. The van der Waals surface area contributed by atoms with Gasteiger partial charge in [0.15, 0.2) is 0 Å². The zero-order valence-corrected chi connectivity index (χ0v) is 17.2. The van der Waals surface area contributed by atoms with Gasteiger partial charge in [-0.1, -0.05) is 6.07 Å². The molecule has 0 radical (unpaired) electrons. The normalized spacial score (nSPS) is 18.0. The number of methoxy groups -OCH3 is 1. The number of ether oxygens (including phenoxy) is 1. The number of hydrogen-bond donors (Lipinski definition) is 0. The highest BCUT2D eigenvalue weighted by Gasteiger charge is 2.32. The largest absolute Gasteiger partial charge is 0.497 e. The molecular formula is C20H26N4O3S. The van der Waals surface area contributed by atoms with Crippen molar-refractivity contribution in [3.8, 4) is 5.75 Å². The number of piperidine rings is 1. The van der Waals surface area contributed by atoms with E-state index in [-0.39, 0.29) is 4.90 Å². The Balaban J connectivity index is 1.68. The van der Waals surface area contributed by atoms with Crippen LogP contribution in [0.25, 0.3) is 0 Å². The molecule has 0 unspecified atom stereocenters. The fraction of sp³-hybridized carbons (Fsp3) is 0.500. The van der Waals surface area contributed by atoms with Crippen LogP contribution in [0, 0.1) is 6.92 Å². The summed E-state index contributed by atoms with van der Waals surface area (Å²) in [4.78, 5) is 11.8. The lowest BCUT2D eigenvalue weighted by molar-refractivity contribution is 0.384. The number of anilines is 1. The molecule has 0 N–H and O–H groups in total. The molecule has 0 saturated carbocycles. The molecule has 7 nitrogen and oxygen atoms in total. The molecular weight excluding hydrogens is 376 g/mol. The fourth-order valence-corrected chi connectivity index (χ4v) is 5.42. The molecule has 1 saturated heterocycles. The summed E-state index contributed by atoms with van der Waals surface area (Å²) in [5.41, 5.74) is 1.93. The minimum absolute atomic E-state index is 0.253. The van der Waals surface area contributed by atoms with Gasteiger partial charge >= 0.3 is 0 Å². The molecule has 0 bridgehead atoms. The third-order valence-corrected chi connectivity index (χ3v) is 7.29. The Morgan fingerprint density at radius 1 is 1.07 bits per heavy atom. The van der Waals surface area contributed by atoms with Crippen LogP contribution in [-0.4, -0.2) is 49.4 Å². The summed E-state index contributed by atoms with van der Waals surface area (Å²) < 4.78 is 33.2. The number of fused-ring (bicyclic) bond motifs is 1. The van der Waals surface area contributed by atoms with E-state index in [1.807, 2.05) is 6.92 Å². The zero-order valence-electron chi connectivity index (χ0n) is 16.4. The van der Waals surface area contributed by atoms with E-state index >= 15 is 0 Å². The first-order chi connectivity index (χ1) is 13.5. The van der Waals surface area contributed by atoms with E-state index in [4.69, 9.17) is 9.72 Å². The quantitative estimate of drug-likeness (QED) is 0.782. The number of nitrogens with zero attached hydrogens (tertiary/aromatic N) is 4. The van der Waals surface area contributed by atoms with Crippen molar-refractivity contribution in [2.45, 2.75) is 44.0 Å². The van der Waals surface area contributed by atoms with E-state index in [9.17, 15) is 8.42 Å². The van der Waals surface area contributed by atoms with Gasteiger partial charge in [-0.05, 0) is 38.3 Å². The van der Waals surface area contributed by atoms with E-state index in [2.05, 4.69) is 9.88 Å². The second-order valence-corrected chi connectivity index (χ2v) is 9.27.